The molecule has 0 amide bonds. The van der Waals surface area contributed by atoms with Gasteiger partial charge in [-0.15, -0.1) is 0 Å². The molecule has 0 aromatic heterocycles. The summed E-state index contributed by atoms with van der Waals surface area (Å²) in [6.45, 7) is 19.9. The van der Waals surface area contributed by atoms with Gasteiger partial charge < -0.3 is 14.4 Å². The van der Waals surface area contributed by atoms with Crippen molar-refractivity contribution < 1.29 is 22.7 Å². The number of piperidine rings is 1. The third kappa shape index (κ3) is 5.65. The van der Waals surface area contributed by atoms with Gasteiger partial charge in [-0.25, -0.2) is 22.3 Å². The zero-order chi connectivity index (χ0) is 33.2. The topological polar surface area (TPSA) is 91.5 Å². The number of esters is 1. The molecule has 248 valence electrons. The Morgan fingerprint density at radius 3 is 2.43 bits per heavy atom. The van der Waals surface area contributed by atoms with Crippen LogP contribution in [0.3, 0.4) is 0 Å². The number of rotatable bonds is 7. The molecule has 0 radical (unpaired) electrons. The summed E-state index contributed by atoms with van der Waals surface area (Å²) in [5, 5.41) is 1.65. The quantitative estimate of drug-likeness (QED) is 0.260. The minimum Gasteiger partial charge on any atom is -0.466 e. The standard InChI is InChI=1S/C36H49N4O5S/c1-9-39-30-18-32-28(16-26(30)23(4)20-35(39,5)6)37-29-17-27-25(21-36(7,8)40(10-2)31(27)19-33(29)45-32)22-46(42,43)38-14-12-24(13-15-38)34(41)44-11-3/h16-19,21,23-24H,9-15,20,22H2,1-8H3/q+1. The summed E-state index contributed by atoms with van der Waals surface area (Å²) in [6.07, 6.45) is 4.10. The molecule has 1 atom stereocenters. The van der Waals surface area contributed by atoms with Gasteiger partial charge >= 0.3 is 5.97 Å². The van der Waals surface area contributed by atoms with Gasteiger partial charge in [0, 0.05) is 50.8 Å². The van der Waals surface area contributed by atoms with Crippen molar-refractivity contribution in [1.29, 1.82) is 0 Å². The number of fused-ring (bicyclic) bond motifs is 4. The molecule has 10 heteroatoms. The molecule has 46 heavy (non-hydrogen) atoms. The van der Waals surface area contributed by atoms with Crippen LogP contribution in [0, 0.1) is 5.92 Å². The molecule has 0 bridgehead atoms. The van der Waals surface area contributed by atoms with Crippen LogP contribution in [0.15, 0.2) is 35.3 Å². The van der Waals surface area contributed by atoms with Crippen molar-refractivity contribution in [2.45, 2.75) is 91.6 Å². The van der Waals surface area contributed by atoms with E-state index in [1.165, 1.54) is 15.6 Å². The third-order valence-corrected chi connectivity index (χ3v) is 12.1. The van der Waals surface area contributed by atoms with Crippen LogP contribution in [-0.4, -0.2) is 68.3 Å². The number of ether oxygens (including phenoxy) is 2. The van der Waals surface area contributed by atoms with Gasteiger partial charge in [-0.2, -0.15) is 0 Å². The summed E-state index contributed by atoms with van der Waals surface area (Å²) < 4.78 is 43.3. The number of anilines is 1. The summed E-state index contributed by atoms with van der Waals surface area (Å²) in [7, 11) is -3.64. The van der Waals surface area contributed by atoms with E-state index in [1.807, 2.05) is 12.1 Å². The van der Waals surface area contributed by atoms with E-state index in [-0.39, 0.29) is 23.2 Å². The second kappa shape index (κ2) is 11.8. The Kier molecular flexibility index (Phi) is 8.37. The Bertz CT molecular complexity index is 1840. The highest BCUT2D eigenvalue weighted by Gasteiger charge is 2.39. The van der Waals surface area contributed by atoms with Gasteiger partial charge in [0.05, 0.1) is 29.9 Å². The first-order valence-electron chi connectivity index (χ1n) is 16.9. The molecule has 1 unspecified atom stereocenters. The van der Waals surface area contributed by atoms with Gasteiger partial charge in [0.15, 0.2) is 17.0 Å². The molecule has 0 spiro atoms. The lowest BCUT2D eigenvalue weighted by Crippen LogP contribution is -2.50. The van der Waals surface area contributed by atoms with Crippen molar-refractivity contribution in [2.24, 2.45) is 10.9 Å². The van der Waals surface area contributed by atoms with Crippen LogP contribution in [-0.2, 0) is 19.6 Å². The molecule has 1 fully saturated rings. The maximum atomic E-state index is 13.8. The highest BCUT2D eigenvalue weighted by Crippen LogP contribution is 2.48. The monoisotopic (exact) mass is 649 g/mol. The highest BCUT2D eigenvalue weighted by molar-refractivity contribution is 7.89. The van der Waals surface area contributed by atoms with Gasteiger partial charge in [-0.1, -0.05) is 6.92 Å². The minimum absolute atomic E-state index is 0.0469. The fourth-order valence-corrected chi connectivity index (χ4v) is 9.81. The summed E-state index contributed by atoms with van der Waals surface area (Å²) >= 11 is 0. The van der Waals surface area contributed by atoms with Crippen molar-refractivity contribution in [3.63, 3.8) is 0 Å². The van der Waals surface area contributed by atoms with Crippen LogP contribution in [0.25, 0.3) is 5.57 Å². The molecule has 0 N–H and O–H groups in total. The number of hydrogen-bond donors (Lipinski definition) is 0. The van der Waals surface area contributed by atoms with Gasteiger partial charge in [0.25, 0.3) is 0 Å². The molecule has 0 saturated carbocycles. The normalized spacial score (nSPS) is 22.0. The lowest BCUT2D eigenvalue weighted by atomic mass is 9.80. The fourth-order valence-electron chi connectivity index (χ4n) is 8.23. The van der Waals surface area contributed by atoms with Crippen molar-refractivity contribution in [2.75, 3.05) is 43.4 Å². The van der Waals surface area contributed by atoms with E-state index in [1.54, 1.807) is 6.92 Å². The molecule has 2 aromatic rings. The number of hydrogen-bond acceptors (Lipinski definition) is 7. The first-order chi connectivity index (χ1) is 21.7. The average Bonchev–Trinajstić information content (AvgIpc) is 2.98. The molecule has 4 aliphatic heterocycles. The zero-order valence-corrected chi connectivity index (χ0v) is 29.5. The van der Waals surface area contributed by atoms with Crippen LogP contribution >= 0.6 is 0 Å². The maximum Gasteiger partial charge on any atom is 0.309 e. The number of carbonyl (C=O) groups excluding carboxylic acids is 1. The molecule has 9 nitrogen and oxygen atoms in total. The molecule has 1 saturated heterocycles. The van der Waals surface area contributed by atoms with E-state index in [9.17, 15) is 13.2 Å². The molecule has 4 heterocycles. The predicted octanol–water partition coefficient (Wildman–Crippen LogP) is 5.15. The molecule has 4 aliphatic rings. The van der Waals surface area contributed by atoms with Gasteiger partial charge in [-0.05, 0) is 89.1 Å². The van der Waals surface area contributed by atoms with E-state index in [0.717, 1.165) is 47.4 Å². The van der Waals surface area contributed by atoms with Crippen LogP contribution in [0.4, 0.5) is 11.4 Å². The predicted molar refractivity (Wildman–Crippen MR) is 182 cm³/mol. The Morgan fingerprint density at radius 1 is 1.07 bits per heavy atom. The maximum absolute atomic E-state index is 13.8. The van der Waals surface area contributed by atoms with Gasteiger partial charge in [0.2, 0.25) is 15.4 Å². The van der Waals surface area contributed by atoms with E-state index in [0.29, 0.717) is 49.6 Å². The van der Waals surface area contributed by atoms with E-state index in [4.69, 9.17) is 14.5 Å². The first-order valence-corrected chi connectivity index (χ1v) is 18.5. The number of carbonyl (C=O) groups is 1. The lowest BCUT2D eigenvalue weighted by Gasteiger charge is -2.47. The number of sulfonamides is 1. The Labute approximate surface area is 273 Å². The largest absolute Gasteiger partial charge is 0.466 e. The lowest BCUT2D eigenvalue weighted by molar-refractivity contribution is -0.149. The van der Waals surface area contributed by atoms with Crippen molar-refractivity contribution >= 4 is 32.9 Å². The van der Waals surface area contributed by atoms with E-state index >= 15 is 0 Å². The van der Waals surface area contributed by atoms with Crippen molar-refractivity contribution in [1.82, 2.24) is 8.88 Å². The average molecular weight is 650 g/mol. The highest BCUT2D eigenvalue weighted by atomic mass is 32.2. The van der Waals surface area contributed by atoms with Crippen LogP contribution < -0.4 is 24.9 Å². The van der Waals surface area contributed by atoms with Gasteiger partial charge in [-0.3, -0.25) is 4.79 Å². The smallest absolute Gasteiger partial charge is 0.309 e. The summed E-state index contributed by atoms with van der Waals surface area (Å²) in [6, 6.07) is 8.38. The third-order valence-electron chi connectivity index (χ3n) is 10.3. The molecule has 0 aliphatic carbocycles. The second-order valence-corrected chi connectivity index (χ2v) is 16.3. The summed E-state index contributed by atoms with van der Waals surface area (Å²) in [5.41, 5.74) is 4.56. The zero-order valence-electron chi connectivity index (χ0n) is 28.6. The molecule has 6 rings (SSSR count). The summed E-state index contributed by atoms with van der Waals surface area (Å²) in [5.74, 6) is 1.21. The molecule has 2 aromatic carbocycles. The van der Waals surface area contributed by atoms with Crippen molar-refractivity contribution in [3.05, 3.63) is 52.2 Å². The van der Waals surface area contributed by atoms with Crippen LogP contribution in [0.2, 0.25) is 0 Å². The Balaban J connectivity index is 1.38. The van der Waals surface area contributed by atoms with E-state index < -0.39 is 15.6 Å². The first kappa shape index (κ1) is 32.7. The SMILES string of the molecule is CCOC(=O)C1CCN(S(=O)(=O)CC2=CC(C)(C)[N+](CC)=c3cc4c(cc32)=Nc2cc3c(cc2O4)N(CC)C(C)(C)CC3C)CC1. The number of benzene rings is 2. The summed E-state index contributed by atoms with van der Waals surface area (Å²) in [4.78, 5) is 19.8. The minimum atomic E-state index is -3.64. The Hall–Kier alpha value is -3.24. The van der Waals surface area contributed by atoms with E-state index in [2.05, 4.69) is 76.2 Å². The second-order valence-electron chi connectivity index (χ2n) is 14.3. The molecular weight excluding hydrogens is 600 g/mol. The number of nitrogens with zero attached hydrogens (tertiary/aromatic N) is 4. The van der Waals surface area contributed by atoms with Gasteiger partial charge in [0.1, 0.15) is 17.6 Å². The molecular formula is C36H49N4O5S+. The Morgan fingerprint density at radius 2 is 1.78 bits per heavy atom. The van der Waals surface area contributed by atoms with Crippen LogP contribution in [0.5, 0.6) is 11.5 Å². The fraction of sp³-hybridized carbons (Fsp3) is 0.583. The van der Waals surface area contributed by atoms with Crippen molar-refractivity contribution in [3.8, 4) is 11.5 Å². The number of likely N-dealkylation sites (N-methyl/N-ethyl adjacent to an activating group) is 1. The van der Waals surface area contributed by atoms with Crippen LogP contribution in [0.1, 0.15) is 91.7 Å².